The van der Waals surface area contributed by atoms with Crippen LogP contribution < -0.4 is 4.74 Å². The molecule has 0 aliphatic carbocycles. The molecule has 9 nitrogen and oxygen atoms in total. The van der Waals surface area contributed by atoms with E-state index in [1.165, 1.54) is 17.4 Å². The summed E-state index contributed by atoms with van der Waals surface area (Å²) in [4.78, 5) is 25.8. The van der Waals surface area contributed by atoms with Crippen LogP contribution in [0.25, 0.3) is 43.9 Å². The molecule has 2 aliphatic rings. The van der Waals surface area contributed by atoms with Crippen molar-refractivity contribution in [1.82, 2.24) is 29.5 Å². The number of hydrogen-bond donors (Lipinski definition) is 1. The van der Waals surface area contributed by atoms with Crippen molar-refractivity contribution in [3.05, 3.63) is 83.1 Å². The molecule has 2 aliphatic heterocycles. The highest BCUT2D eigenvalue weighted by Gasteiger charge is 2.32. The molecule has 1 unspecified atom stereocenters. The van der Waals surface area contributed by atoms with Gasteiger partial charge < -0.3 is 14.7 Å². The van der Waals surface area contributed by atoms with Gasteiger partial charge in [0.25, 0.3) is 6.43 Å². The lowest BCUT2D eigenvalue weighted by Crippen LogP contribution is -2.40. The summed E-state index contributed by atoms with van der Waals surface area (Å²) in [6, 6.07) is 7.08. The summed E-state index contributed by atoms with van der Waals surface area (Å²) in [6.07, 6.45) is 1.06. The van der Waals surface area contributed by atoms with Crippen LogP contribution in [0.5, 0.6) is 5.75 Å². The molecule has 5 aromatic rings. The van der Waals surface area contributed by atoms with Crippen LogP contribution in [0.1, 0.15) is 29.9 Å². The van der Waals surface area contributed by atoms with E-state index in [2.05, 4.69) is 11.6 Å². The van der Waals surface area contributed by atoms with Crippen molar-refractivity contribution in [1.29, 1.82) is 0 Å². The Bertz CT molecular complexity index is 2080. The molecule has 6 heterocycles. The van der Waals surface area contributed by atoms with Gasteiger partial charge in [-0.1, -0.05) is 6.58 Å². The van der Waals surface area contributed by atoms with Crippen molar-refractivity contribution >= 4 is 27.3 Å². The molecule has 1 atom stereocenters. The van der Waals surface area contributed by atoms with E-state index < -0.39 is 18.1 Å². The predicted molar refractivity (Wildman–Crippen MR) is 177 cm³/mol. The van der Waals surface area contributed by atoms with E-state index >= 15 is 4.39 Å². The number of hydrogen-bond acceptors (Lipinski definition) is 8. The minimum Gasteiger partial charge on any atom is -0.490 e. The Morgan fingerprint density at radius 2 is 2.00 bits per heavy atom. The lowest BCUT2D eigenvalue weighted by atomic mass is 9.95. The molecule has 0 radical (unpaired) electrons. The number of aliphatic hydroxyl groups excluding tert-OH is 1. The van der Waals surface area contributed by atoms with Gasteiger partial charge in [-0.3, -0.25) is 19.4 Å². The van der Waals surface area contributed by atoms with Crippen LogP contribution in [0.4, 0.5) is 17.6 Å². The largest absolute Gasteiger partial charge is 0.490 e. The van der Waals surface area contributed by atoms with E-state index in [9.17, 15) is 23.1 Å². The Hall–Kier alpha value is -4.66. The summed E-state index contributed by atoms with van der Waals surface area (Å²) in [5, 5.41) is 16.9. The smallest absolute Gasteiger partial charge is 0.251 e. The third kappa shape index (κ3) is 6.08. The molecular formula is C35H32F4N6O3S. The lowest BCUT2D eigenvalue weighted by Gasteiger charge is -2.33. The quantitative estimate of drug-likeness (QED) is 0.144. The number of amides is 1. The molecule has 0 saturated carbocycles. The number of halogens is 4. The number of aromatic nitrogens is 4. The van der Waals surface area contributed by atoms with Crippen molar-refractivity contribution < 1.29 is 32.2 Å². The molecule has 254 valence electrons. The number of nitrogens with zero attached hydrogens (tertiary/aromatic N) is 6. The molecule has 1 amide bonds. The van der Waals surface area contributed by atoms with Crippen molar-refractivity contribution in [2.45, 2.75) is 38.9 Å². The first-order valence-corrected chi connectivity index (χ1v) is 16.7. The van der Waals surface area contributed by atoms with Gasteiger partial charge in [-0.15, -0.1) is 11.3 Å². The topological polar surface area (TPSA) is 96.6 Å². The highest BCUT2D eigenvalue weighted by atomic mass is 32.1. The second kappa shape index (κ2) is 13.3. The molecule has 0 spiro atoms. The van der Waals surface area contributed by atoms with E-state index in [-0.39, 0.29) is 48.7 Å². The third-order valence-electron chi connectivity index (χ3n) is 8.97. The van der Waals surface area contributed by atoms with Gasteiger partial charge in [0.15, 0.2) is 0 Å². The normalized spacial score (nSPS) is 16.2. The number of rotatable bonds is 9. The molecular weight excluding hydrogens is 660 g/mol. The maximum absolute atomic E-state index is 16.0. The fourth-order valence-corrected chi connectivity index (χ4v) is 7.67. The first-order chi connectivity index (χ1) is 23.7. The molecule has 7 rings (SSSR count). The van der Waals surface area contributed by atoms with Gasteiger partial charge in [0, 0.05) is 71.3 Å². The van der Waals surface area contributed by atoms with Crippen LogP contribution in [0, 0.1) is 11.6 Å². The highest BCUT2D eigenvalue weighted by Crippen LogP contribution is 2.47. The summed E-state index contributed by atoms with van der Waals surface area (Å²) in [5.41, 5.74) is 4.54. The zero-order valence-electron chi connectivity index (χ0n) is 26.5. The zero-order chi connectivity index (χ0) is 34.4. The van der Waals surface area contributed by atoms with E-state index in [4.69, 9.17) is 14.8 Å². The molecule has 1 aromatic carbocycles. The minimum absolute atomic E-state index is 0.0370. The number of carbonyl (C=O) groups excluding carboxylic acids is 1. The zero-order valence-corrected chi connectivity index (χ0v) is 27.3. The van der Waals surface area contributed by atoms with E-state index in [1.807, 2.05) is 30.5 Å². The number of benzene rings is 1. The fourth-order valence-electron chi connectivity index (χ4n) is 6.73. The third-order valence-corrected chi connectivity index (χ3v) is 9.91. The molecule has 14 heteroatoms. The van der Waals surface area contributed by atoms with Crippen molar-refractivity contribution in [3.63, 3.8) is 0 Å². The van der Waals surface area contributed by atoms with Gasteiger partial charge in [-0.05, 0) is 42.1 Å². The molecule has 0 bridgehead atoms. The Balaban J connectivity index is 1.45. The second-order valence-electron chi connectivity index (χ2n) is 12.0. The minimum atomic E-state index is -2.46. The summed E-state index contributed by atoms with van der Waals surface area (Å²) < 4.78 is 65.1. The van der Waals surface area contributed by atoms with Crippen molar-refractivity contribution in [3.8, 4) is 39.5 Å². The SMILES string of the molecule is C=CC(=O)N1CCn2nc(-c3nc(-c4cnc5c(c4)CN(CC(F)F)CC5)c4ccsc4c3-c3c(F)cc(F)cc3OCCO)cc2C1C. The number of aliphatic hydroxyl groups is 1. The van der Waals surface area contributed by atoms with Crippen LogP contribution >= 0.6 is 11.3 Å². The number of carbonyl (C=O) groups is 1. The van der Waals surface area contributed by atoms with Crippen LogP contribution in [-0.4, -0.2) is 79.8 Å². The maximum Gasteiger partial charge on any atom is 0.251 e. The van der Waals surface area contributed by atoms with Crippen LogP contribution in [-0.2, 0) is 24.3 Å². The van der Waals surface area contributed by atoms with Crippen molar-refractivity contribution in [2.75, 3.05) is 32.8 Å². The first-order valence-electron chi connectivity index (χ1n) is 15.8. The Morgan fingerprint density at radius 1 is 1.16 bits per heavy atom. The standard InChI is InChI=1S/C35H32F4N6O3S/c1-3-30(47)44-7-8-45-27(19(44)2)15-26(42-45)34-32(31-24(37)13-22(36)14-28(31)48-10-9-46)35-23(5-11-49-35)33(41-34)20-12-21-17-43(18-29(38)39)6-4-25(21)40-16-20/h3,5,11-16,19,29,46H,1,4,6-10,17-18H2,2H3. The molecule has 4 aromatic heterocycles. The molecule has 1 N–H and O–H groups in total. The summed E-state index contributed by atoms with van der Waals surface area (Å²) in [5.74, 6) is -2.05. The lowest BCUT2D eigenvalue weighted by molar-refractivity contribution is -0.129. The average molecular weight is 693 g/mol. The summed E-state index contributed by atoms with van der Waals surface area (Å²) in [7, 11) is 0. The van der Waals surface area contributed by atoms with Gasteiger partial charge in [0.2, 0.25) is 5.91 Å². The average Bonchev–Trinajstić information content (AvgIpc) is 3.75. The maximum atomic E-state index is 16.0. The van der Waals surface area contributed by atoms with Gasteiger partial charge in [0.1, 0.15) is 35.4 Å². The van der Waals surface area contributed by atoms with Gasteiger partial charge in [0.05, 0.1) is 42.7 Å². The van der Waals surface area contributed by atoms with Gasteiger partial charge >= 0.3 is 0 Å². The van der Waals surface area contributed by atoms with Crippen LogP contribution in [0.3, 0.4) is 0 Å². The number of pyridine rings is 2. The predicted octanol–water partition coefficient (Wildman–Crippen LogP) is 6.25. The molecule has 0 saturated heterocycles. The number of thiophene rings is 1. The molecule has 49 heavy (non-hydrogen) atoms. The summed E-state index contributed by atoms with van der Waals surface area (Å²) in [6.45, 7) is 6.21. The number of alkyl halides is 2. The van der Waals surface area contributed by atoms with E-state index in [0.717, 1.165) is 29.1 Å². The Kier molecular flexibility index (Phi) is 8.94. The Labute approximate surface area is 283 Å². The summed E-state index contributed by atoms with van der Waals surface area (Å²) >= 11 is 1.33. The molecule has 0 fully saturated rings. The second-order valence-corrected chi connectivity index (χ2v) is 12.9. The number of fused-ring (bicyclic) bond motifs is 3. The van der Waals surface area contributed by atoms with Gasteiger partial charge in [-0.25, -0.2) is 22.5 Å². The monoisotopic (exact) mass is 692 g/mol. The van der Waals surface area contributed by atoms with Crippen molar-refractivity contribution in [2.24, 2.45) is 0 Å². The fraction of sp³-hybridized carbons (Fsp3) is 0.314. The van der Waals surface area contributed by atoms with E-state index in [1.54, 1.807) is 20.7 Å². The van der Waals surface area contributed by atoms with Crippen LogP contribution in [0.15, 0.2) is 54.6 Å². The highest BCUT2D eigenvalue weighted by molar-refractivity contribution is 7.18. The van der Waals surface area contributed by atoms with Crippen LogP contribution in [0.2, 0.25) is 0 Å². The van der Waals surface area contributed by atoms with E-state index in [0.29, 0.717) is 65.2 Å². The first kappa shape index (κ1) is 32.9. The number of ether oxygens (including phenoxy) is 1. The van der Waals surface area contributed by atoms with Gasteiger partial charge in [-0.2, -0.15) is 5.10 Å². The Morgan fingerprint density at radius 3 is 2.78 bits per heavy atom.